The standard InChI is InChI=1S/C12H15F2NO3S/c1-3-6-15-12(16)8(2)19(17,18)9-4-5-10(13)11(14)7-9/h4-5,7-8H,3,6H2,1-2H3,(H,15,16)/t8-/m0/s1. The molecule has 1 rings (SSSR count). The van der Waals surface area contributed by atoms with Gasteiger partial charge in [0.1, 0.15) is 5.25 Å². The molecule has 1 amide bonds. The minimum atomic E-state index is -4.03. The van der Waals surface area contributed by atoms with E-state index in [0.29, 0.717) is 19.0 Å². The van der Waals surface area contributed by atoms with E-state index in [-0.39, 0.29) is 0 Å². The molecule has 0 aromatic heterocycles. The number of rotatable bonds is 5. The Hall–Kier alpha value is -1.50. The molecule has 0 aliphatic carbocycles. The molecule has 0 heterocycles. The molecule has 0 aliphatic rings. The third-order valence-corrected chi connectivity index (χ3v) is 4.66. The van der Waals surface area contributed by atoms with Gasteiger partial charge in [0.05, 0.1) is 4.90 Å². The maximum absolute atomic E-state index is 13.0. The van der Waals surface area contributed by atoms with E-state index in [0.717, 1.165) is 12.1 Å². The molecule has 0 bridgehead atoms. The Balaban J connectivity index is 3.02. The SMILES string of the molecule is CCCNC(=O)[C@H](C)S(=O)(=O)c1ccc(F)c(F)c1. The lowest BCUT2D eigenvalue weighted by atomic mass is 10.3. The first-order valence-corrected chi connectivity index (χ1v) is 7.32. The van der Waals surface area contributed by atoms with Gasteiger partial charge in [-0.05, 0) is 31.5 Å². The Labute approximate surface area is 110 Å². The zero-order valence-corrected chi connectivity index (χ0v) is 11.4. The molecule has 0 spiro atoms. The third-order valence-electron chi connectivity index (χ3n) is 2.60. The van der Waals surface area contributed by atoms with E-state index in [1.165, 1.54) is 6.92 Å². The second-order valence-electron chi connectivity index (χ2n) is 4.05. The summed E-state index contributed by atoms with van der Waals surface area (Å²) in [4.78, 5) is 11.2. The van der Waals surface area contributed by atoms with Crippen LogP contribution in [0.5, 0.6) is 0 Å². The van der Waals surface area contributed by atoms with E-state index < -0.39 is 37.5 Å². The Morgan fingerprint density at radius 3 is 2.47 bits per heavy atom. The summed E-state index contributed by atoms with van der Waals surface area (Å²) in [5.41, 5.74) is 0. The molecule has 7 heteroatoms. The summed E-state index contributed by atoms with van der Waals surface area (Å²) in [7, 11) is -4.03. The normalized spacial score (nSPS) is 13.1. The summed E-state index contributed by atoms with van der Waals surface area (Å²) in [5, 5.41) is 1.09. The number of halogens is 2. The highest BCUT2D eigenvalue weighted by atomic mass is 32.2. The van der Waals surface area contributed by atoms with Crippen molar-refractivity contribution in [2.24, 2.45) is 0 Å². The van der Waals surface area contributed by atoms with Gasteiger partial charge < -0.3 is 5.32 Å². The van der Waals surface area contributed by atoms with Crippen LogP contribution in [-0.4, -0.2) is 26.1 Å². The van der Waals surface area contributed by atoms with Crippen LogP contribution in [-0.2, 0) is 14.6 Å². The van der Waals surface area contributed by atoms with Crippen molar-refractivity contribution in [2.45, 2.75) is 30.4 Å². The van der Waals surface area contributed by atoms with Crippen molar-refractivity contribution < 1.29 is 22.0 Å². The lowest BCUT2D eigenvalue weighted by Crippen LogP contribution is -2.38. The average Bonchev–Trinajstić information content (AvgIpc) is 2.37. The van der Waals surface area contributed by atoms with Crippen LogP contribution in [0.4, 0.5) is 8.78 Å². The van der Waals surface area contributed by atoms with Crippen LogP contribution in [0.1, 0.15) is 20.3 Å². The summed E-state index contributed by atoms with van der Waals surface area (Å²) >= 11 is 0. The van der Waals surface area contributed by atoms with Crippen LogP contribution in [0.25, 0.3) is 0 Å². The molecule has 4 nitrogen and oxygen atoms in total. The zero-order valence-electron chi connectivity index (χ0n) is 10.6. The van der Waals surface area contributed by atoms with E-state index in [2.05, 4.69) is 5.32 Å². The van der Waals surface area contributed by atoms with Crippen LogP contribution in [0.3, 0.4) is 0 Å². The van der Waals surface area contributed by atoms with Crippen molar-refractivity contribution >= 4 is 15.7 Å². The lowest BCUT2D eigenvalue weighted by Gasteiger charge is -2.13. The molecule has 0 saturated carbocycles. The highest BCUT2D eigenvalue weighted by Gasteiger charge is 2.30. The summed E-state index contributed by atoms with van der Waals surface area (Å²) < 4.78 is 49.9. The second-order valence-corrected chi connectivity index (χ2v) is 6.32. The summed E-state index contributed by atoms with van der Waals surface area (Å²) in [5.74, 6) is -3.06. The minimum Gasteiger partial charge on any atom is -0.355 e. The average molecular weight is 291 g/mol. The van der Waals surface area contributed by atoms with Gasteiger partial charge in [-0.1, -0.05) is 6.92 Å². The molecular weight excluding hydrogens is 276 g/mol. The number of benzene rings is 1. The maximum atomic E-state index is 13.0. The monoisotopic (exact) mass is 291 g/mol. The highest BCUT2D eigenvalue weighted by molar-refractivity contribution is 7.92. The summed E-state index contributed by atoms with van der Waals surface area (Å²) in [6, 6.07) is 2.24. The van der Waals surface area contributed by atoms with Gasteiger partial charge in [0.2, 0.25) is 5.91 Å². The van der Waals surface area contributed by atoms with E-state index in [1.807, 2.05) is 6.92 Å². The number of amides is 1. The first kappa shape index (κ1) is 15.6. The first-order chi connectivity index (χ1) is 8.80. The zero-order chi connectivity index (χ0) is 14.6. The van der Waals surface area contributed by atoms with Crippen molar-refractivity contribution in [3.05, 3.63) is 29.8 Å². The van der Waals surface area contributed by atoms with Crippen LogP contribution in [0.15, 0.2) is 23.1 Å². The van der Waals surface area contributed by atoms with Crippen molar-refractivity contribution in [1.82, 2.24) is 5.32 Å². The number of hydrogen-bond donors (Lipinski definition) is 1. The molecule has 0 fully saturated rings. The Bertz CT molecular complexity index is 572. The van der Waals surface area contributed by atoms with Crippen LogP contribution in [0.2, 0.25) is 0 Å². The van der Waals surface area contributed by atoms with Crippen LogP contribution in [0, 0.1) is 11.6 Å². The molecular formula is C12H15F2NO3S. The second kappa shape index (κ2) is 6.10. The molecule has 0 radical (unpaired) electrons. The molecule has 1 N–H and O–H groups in total. The Morgan fingerprint density at radius 1 is 1.32 bits per heavy atom. The quantitative estimate of drug-likeness (QED) is 0.839. The largest absolute Gasteiger partial charge is 0.355 e. The Kier molecular flexibility index (Phi) is 4.99. The van der Waals surface area contributed by atoms with Gasteiger partial charge in [-0.3, -0.25) is 4.79 Å². The summed E-state index contributed by atoms with van der Waals surface area (Å²) in [6.45, 7) is 3.40. The highest BCUT2D eigenvalue weighted by Crippen LogP contribution is 2.18. The molecule has 19 heavy (non-hydrogen) atoms. The smallest absolute Gasteiger partial charge is 0.238 e. The predicted molar refractivity (Wildman–Crippen MR) is 66.3 cm³/mol. The Morgan fingerprint density at radius 2 is 1.95 bits per heavy atom. The van der Waals surface area contributed by atoms with Gasteiger partial charge in [-0.2, -0.15) is 0 Å². The molecule has 0 aliphatic heterocycles. The number of hydrogen-bond acceptors (Lipinski definition) is 3. The van der Waals surface area contributed by atoms with Crippen molar-refractivity contribution in [3.8, 4) is 0 Å². The van der Waals surface area contributed by atoms with Gasteiger partial charge >= 0.3 is 0 Å². The van der Waals surface area contributed by atoms with E-state index in [9.17, 15) is 22.0 Å². The van der Waals surface area contributed by atoms with Gasteiger partial charge in [0.15, 0.2) is 21.5 Å². The van der Waals surface area contributed by atoms with Gasteiger partial charge in [-0.15, -0.1) is 0 Å². The van der Waals surface area contributed by atoms with Crippen molar-refractivity contribution in [2.75, 3.05) is 6.54 Å². The molecule has 1 aromatic carbocycles. The molecule has 1 aromatic rings. The lowest BCUT2D eigenvalue weighted by molar-refractivity contribution is -0.120. The number of carbonyl (C=O) groups excluding carboxylic acids is 1. The number of nitrogens with one attached hydrogen (secondary N) is 1. The minimum absolute atomic E-state index is 0.358. The topological polar surface area (TPSA) is 63.2 Å². The van der Waals surface area contributed by atoms with Gasteiger partial charge in [0, 0.05) is 6.54 Å². The van der Waals surface area contributed by atoms with Crippen LogP contribution >= 0.6 is 0 Å². The fraction of sp³-hybridized carbons (Fsp3) is 0.417. The first-order valence-electron chi connectivity index (χ1n) is 5.77. The molecule has 106 valence electrons. The van der Waals surface area contributed by atoms with Crippen LogP contribution < -0.4 is 5.32 Å². The molecule has 1 atom stereocenters. The van der Waals surface area contributed by atoms with E-state index >= 15 is 0 Å². The predicted octanol–water partition coefficient (Wildman–Crippen LogP) is 1.65. The van der Waals surface area contributed by atoms with Gasteiger partial charge in [0.25, 0.3) is 0 Å². The summed E-state index contributed by atoms with van der Waals surface area (Å²) in [6.07, 6.45) is 0.670. The fourth-order valence-corrected chi connectivity index (χ4v) is 2.69. The van der Waals surface area contributed by atoms with E-state index in [4.69, 9.17) is 0 Å². The van der Waals surface area contributed by atoms with Gasteiger partial charge in [-0.25, -0.2) is 17.2 Å². The fourth-order valence-electron chi connectivity index (χ4n) is 1.39. The van der Waals surface area contributed by atoms with Crippen molar-refractivity contribution in [1.29, 1.82) is 0 Å². The maximum Gasteiger partial charge on any atom is 0.238 e. The third kappa shape index (κ3) is 3.50. The van der Waals surface area contributed by atoms with E-state index in [1.54, 1.807) is 0 Å². The number of carbonyl (C=O) groups is 1. The molecule has 0 unspecified atom stereocenters. The van der Waals surface area contributed by atoms with Crippen molar-refractivity contribution in [3.63, 3.8) is 0 Å². The molecule has 0 saturated heterocycles. The number of sulfone groups is 1.